The molecule has 1 aromatic rings. The molecule has 15 heavy (non-hydrogen) atoms. The molecular weight excluding hydrogens is 190 g/mol. The van der Waals surface area contributed by atoms with Crippen LogP contribution in [0.3, 0.4) is 0 Å². The van der Waals surface area contributed by atoms with Crippen LogP contribution in [0.25, 0.3) is 0 Å². The molecule has 0 spiro atoms. The third-order valence-electron chi connectivity index (χ3n) is 2.24. The van der Waals surface area contributed by atoms with Crippen LogP contribution in [0.4, 0.5) is 4.79 Å². The van der Waals surface area contributed by atoms with Gasteiger partial charge in [-0.1, -0.05) is 50.1 Å². The van der Waals surface area contributed by atoms with Crippen LogP contribution in [0, 0.1) is 6.92 Å². The quantitative estimate of drug-likeness (QED) is 0.778. The summed E-state index contributed by atoms with van der Waals surface area (Å²) in [6.45, 7) is 3.76. The summed E-state index contributed by atoms with van der Waals surface area (Å²) in [5.41, 5.74) is 1.01. The highest BCUT2D eigenvalue weighted by Gasteiger charge is 2.12. The van der Waals surface area contributed by atoms with Crippen molar-refractivity contribution in [1.82, 2.24) is 5.32 Å². The second-order valence-electron chi connectivity index (χ2n) is 3.41. The van der Waals surface area contributed by atoms with Crippen LogP contribution in [0.5, 0.6) is 0 Å². The van der Waals surface area contributed by atoms with Gasteiger partial charge in [0.2, 0.25) is 0 Å². The fourth-order valence-electron chi connectivity index (χ4n) is 1.51. The Morgan fingerprint density at radius 1 is 1.40 bits per heavy atom. The second-order valence-corrected chi connectivity index (χ2v) is 3.41. The summed E-state index contributed by atoms with van der Waals surface area (Å²) in [5.74, 6) is 0. The first-order valence-electron chi connectivity index (χ1n) is 5.07. The molecule has 2 N–H and O–H groups in total. The SMILES string of the molecule is [CH2]CCCC(NC(=O)O)c1ccccc1. The number of rotatable bonds is 5. The Morgan fingerprint density at radius 3 is 2.60 bits per heavy atom. The first-order valence-corrected chi connectivity index (χ1v) is 5.07. The van der Waals surface area contributed by atoms with E-state index < -0.39 is 6.09 Å². The van der Waals surface area contributed by atoms with Crippen molar-refractivity contribution < 1.29 is 9.90 Å². The lowest BCUT2D eigenvalue weighted by Gasteiger charge is -2.16. The number of benzene rings is 1. The summed E-state index contributed by atoms with van der Waals surface area (Å²) in [5, 5.41) is 11.2. The fraction of sp³-hybridized carbons (Fsp3) is 0.333. The Labute approximate surface area is 90.1 Å². The number of hydrogen-bond acceptors (Lipinski definition) is 1. The first-order chi connectivity index (χ1) is 7.24. The number of unbranched alkanes of at least 4 members (excludes halogenated alkanes) is 1. The Kier molecular flexibility index (Phi) is 4.68. The number of nitrogens with one attached hydrogen (secondary N) is 1. The zero-order valence-corrected chi connectivity index (χ0v) is 8.65. The molecule has 0 aliphatic rings. The first kappa shape index (κ1) is 11.6. The highest BCUT2D eigenvalue weighted by Crippen LogP contribution is 2.18. The molecule has 0 fully saturated rings. The van der Waals surface area contributed by atoms with Crippen molar-refractivity contribution in [3.05, 3.63) is 42.8 Å². The summed E-state index contributed by atoms with van der Waals surface area (Å²) in [6, 6.07) is 9.49. The second kappa shape index (κ2) is 6.06. The molecule has 0 saturated carbocycles. The molecule has 3 nitrogen and oxygen atoms in total. The predicted molar refractivity (Wildman–Crippen MR) is 59.6 cm³/mol. The van der Waals surface area contributed by atoms with Gasteiger partial charge in [0.15, 0.2) is 0 Å². The number of carboxylic acid groups (broad SMARTS) is 1. The molecule has 0 aliphatic carbocycles. The highest BCUT2D eigenvalue weighted by atomic mass is 16.4. The van der Waals surface area contributed by atoms with Crippen molar-refractivity contribution in [2.45, 2.75) is 25.3 Å². The Morgan fingerprint density at radius 2 is 2.07 bits per heavy atom. The standard InChI is InChI=1S/C12H16NO2/c1-2-3-9-11(13-12(14)15)10-7-5-4-6-8-10/h4-8,11,13H,1-3,9H2,(H,14,15). The Hall–Kier alpha value is -1.51. The molecule has 1 unspecified atom stereocenters. The summed E-state index contributed by atoms with van der Waals surface area (Å²) in [6.07, 6.45) is 1.55. The smallest absolute Gasteiger partial charge is 0.405 e. The van der Waals surface area contributed by atoms with E-state index in [1.54, 1.807) is 0 Å². The minimum atomic E-state index is -0.979. The lowest BCUT2D eigenvalue weighted by atomic mass is 10.0. The van der Waals surface area contributed by atoms with Crippen LogP contribution in [-0.2, 0) is 0 Å². The minimum absolute atomic E-state index is 0.120. The summed E-state index contributed by atoms with van der Waals surface area (Å²) >= 11 is 0. The van der Waals surface area contributed by atoms with Gasteiger partial charge >= 0.3 is 6.09 Å². The largest absolute Gasteiger partial charge is 0.465 e. The van der Waals surface area contributed by atoms with Gasteiger partial charge in [0.1, 0.15) is 0 Å². The molecule has 0 saturated heterocycles. The van der Waals surface area contributed by atoms with E-state index in [0.29, 0.717) is 0 Å². The van der Waals surface area contributed by atoms with Crippen molar-refractivity contribution in [2.75, 3.05) is 0 Å². The van der Waals surface area contributed by atoms with Gasteiger partial charge in [0.05, 0.1) is 6.04 Å². The van der Waals surface area contributed by atoms with Crippen LogP contribution in [0.15, 0.2) is 30.3 Å². The summed E-state index contributed by atoms with van der Waals surface area (Å²) < 4.78 is 0. The highest BCUT2D eigenvalue weighted by molar-refractivity contribution is 5.65. The van der Waals surface area contributed by atoms with Crippen LogP contribution in [0.2, 0.25) is 0 Å². The molecule has 1 rings (SSSR count). The van der Waals surface area contributed by atoms with E-state index in [1.807, 2.05) is 30.3 Å². The van der Waals surface area contributed by atoms with Crippen molar-refractivity contribution >= 4 is 6.09 Å². The normalized spacial score (nSPS) is 12.1. The van der Waals surface area contributed by atoms with Crippen LogP contribution < -0.4 is 5.32 Å². The van der Waals surface area contributed by atoms with E-state index in [1.165, 1.54) is 0 Å². The average molecular weight is 206 g/mol. The zero-order chi connectivity index (χ0) is 11.1. The molecular formula is C12H16NO2. The summed E-state index contributed by atoms with van der Waals surface area (Å²) in [7, 11) is 0. The van der Waals surface area contributed by atoms with E-state index in [0.717, 1.165) is 24.8 Å². The van der Waals surface area contributed by atoms with Crippen LogP contribution in [0.1, 0.15) is 30.9 Å². The molecule has 0 bridgehead atoms. The molecule has 0 aliphatic heterocycles. The van der Waals surface area contributed by atoms with Crippen molar-refractivity contribution in [1.29, 1.82) is 0 Å². The molecule has 0 heterocycles. The van der Waals surface area contributed by atoms with E-state index in [-0.39, 0.29) is 6.04 Å². The molecule has 1 radical (unpaired) electrons. The zero-order valence-electron chi connectivity index (χ0n) is 8.65. The minimum Gasteiger partial charge on any atom is -0.465 e. The van der Waals surface area contributed by atoms with Crippen molar-refractivity contribution in [2.24, 2.45) is 0 Å². The molecule has 1 amide bonds. The molecule has 81 valence electrons. The van der Waals surface area contributed by atoms with Crippen LogP contribution in [-0.4, -0.2) is 11.2 Å². The maximum absolute atomic E-state index is 10.6. The van der Waals surface area contributed by atoms with Gasteiger partial charge in [-0.05, 0) is 12.0 Å². The number of amides is 1. The lowest BCUT2D eigenvalue weighted by Crippen LogP contribution is -2.26. The molecule has 1 aromatic carbocycles. The van der Waals surface area contributed by atoms with Gasteiger partial charge in [0.25, 0.3) is 0 Å². The lowest BCUT2D eigenvalue weighted by molar-refractivity contribution is 0.189. The van der Waals surface area contributed by atoms with Gasteiger partial charge < -0.3 is 10.4 Å². The van der Waals surface area contributed by atoms with E-state index in [9.17, 15) is 4.79 Å². The van der Waals surface area contributed by atoms with Crippen molar-refractivity contribution in [3.8, 4) is 0 Å². The third-order valence-corrected chi connectivity index (χ3v) is 2.24. The third kappa shape index (κ3) is 4.02. The molecule has 3 heteroatoms. The van der Waals surface area contributed by atoms with Crippen LogP contribution >= 0.6 is 0 Å². The van der Waals surface area contributed by atoms with E-state index in [2.05, 4.69) is 12.2 Å². The van der Waals surface area contributed by atoms with Gasteiger partial charge in [-0.25, -0.2) is 4.79 Å². The number of carbonyl (C=O) groups is 1. The monoisotopic (exact) mass is 206 g/mol. The Bertz CT molecular complexity index is 298. The van der Waals surface area contributed by atoms with Gasteiger partial charge in [-0.15, -0.1) is 0 Å². The van der Waals surface area contributed by atoms with Crippen molar-refractivity contribution in [3.63, 3.8) is 0 Å². The topological polar surface area (TPSA) is 49.3 Å². The van der Waals surface area contributed by atoms with E-state index >= 15 is 0 Å². The maximum Gasteiger partial charge on any atom is 0.405 e. The molecule has 0 aromatic heterocycles. The summed E-state index contributed by atoms with van der Waals surface area (Å²) in [4.78, 5) is 10.6. The maximum atomic E-state index is 10.6. The number of hydrogen-bond donors (Lipinski definition) is 2. The molecule has 1 atom stereocenters. The van der Waals surface area contributed by atoms with Gasteiger partial charge in [-0.2, -0.15) is 0 Å². The van der Waals surface area contributed by atoms with Gasteiger partial charge in [0, 0.05) is 0 Å². The van der Waals surface area contributed by atoms with Gasteiger partial charge in [-0.3, -0.25) is 0 Å². The Balaban J connectivity index is 2.67. The average Bonchev–Trinajstić information content (AvgIpc) is 2.25. The fourth-order valence-corrected chi connectivity index (χ4v) is 1.51. The van der Waals surface area contributed by atoms with E-state index in [4.69, 9.17) is 5.11 Å². The predicted octanol–water partition coefficient (Wildman–Crippen LogP) is 3.00.